The molecule has 1 aliphatic heterocycles. The molecule has 3 rings (SSSR count). The van der Waals surface area contributed by atoms with Gasteiger partial charge >= 0.3 is 0 Å². The lowest BCUT2D eigenvalue weighted by molar-refractivity contribution is -0.134. The number of carbonyl (C=O) groups is 1. The van der Waals surface area contributed by atoms with Crippen LogP contribution >= 0.6 is 0 Å². The first-order valence-corrected chi connectivity index (χ1v) is 9.29. The fourth-order valence-electron chi connectivity index (χ4n) is 3.75. The number of carbonyl (C=O) groups excluding carboxylic acids is 1. The molecule has 0 spiro atoms. The summed E-state index contributed by atoms with van der Waals surface area (Å²) in [6.07, 6.45) is 4.52. The van der Waals surface area contributed by atoms with Crippen LogP contribution < -0.4 is 5.56 Å². The Hall–Kier alpha value is -2.44. The van der Waals surface area contributed by atoms with Crippen LogP contribution in [-0.4, -0.2) is 43.1 Å². The molecule has 1 N–H and O–H groups in total. The van der Waals surface area contributed by atoms with Crippen molar-refractivity contribution in [3.05, 3.63) is 39.1 Å². The molecule has 1 amide bonds. The molecule has 0 radical (unpaired) electrons. The number of piperidine rings is 1. The van der Waals surface area contributed by atoms with E-state index in [2.05, 4.69) is 22.0 Å². The first-order valence-electron chi connectivity index (χ1n) is 9.29. The summed E-state index contributed by atoms with van der Waals surface area (Å²) in [5, 5.41) is 4.53. The molecule has 2 aromatic rings. The second-order valence-electron chi connectivity index (χ2n) is 7.20. The topological polar surface area (TPSA) is 83.9 Å². The first kappa shape index (κ1) is 18.4. The van der Waals surface area contributed by atoms with Gasteiger partial charge in [-0.2, -0.15) is 5.10 Å². The predicted molar refractivity (Wildman–Crippen MR) is 99.5 cm³/mol. The normalized spacial score (nSPS) is 17.5. The summed E-state index contributed by atoms with van der Waals surface area (Å²) in [5.74, 6) is 0.628. The van der Waals surface area contributed by atoms with Crippen LogP contribution in [0.1, 0.15) is 55.3 Å². The third-order valence-corrected chi connectivity index (χ3v) is 5.21. The minimum Gasteiger partial charge on any atom is -0.340 e. The predicted octanol–water partition coefficient (Wildman–Crippen LogP) is 2.21. The molecule has 140 valence electrons. The quantitative estimate of drug-likeness (QED) is 0.909. The Morgan fingerprint density at radius 1 is 1.31 bits per heavy atom. The van der Waals surface area contributed by atoms with Crippen LogP contribution in [0.5, 0.6) is 0 Å². The van der Waals surface area contributed by atoms with E-state index in [4.69, 9.17) is 0 Å². The van der Waals surface area contributed by atoms with E-state index < -0.39 is 0 Å². The van der Waals surface area contributed by atoms with Crippen molar-refractivity contribution in [2.75, 3.05) is 6.54 Å². The van der Waals surface area contributed by atoms with Crippen LogP contribution in [0.15, 0.2) is 10.9 Å². The molecule has 1 unspecified atom stereocenters. The van der Waals surface area contributed by atoms with Gasteiger partial charge in [-0.15, -0.1) is 0 Å². The van der Waals surface area contributed by atoms with Crippen LogP contribution in [0.3, 0.4) is 0 Å². The molecule has 1 fully saturated rings. The molecule has 26 heavy (non-hydrogen) atoms. The van der Waals surface area contributed by atoms with Gasteiger partial charge < -0.3 is 4.90 Å². The molecule has 3 heterocycles. The molecule has 0 aromatic carbocycles. The van der Waals surface area contributed by atoms with Gasteiger partial charge in [0.15, 0.2) is 0 Å². The fourth-order valence-corrected chi connectivity index (χ4v) is 3.75. The van der Waals surface area contributed by atoms with Crippen molar-refractivity contribution in [1.29, 1.82) is 0 Å². The maximum Gasteiger partial charge on any atom is 0.252 e. The smallest absolute Gasteiger partial charge is 0.252 e. The number of aromatic amines is 1. The standard InChI is InChI=1S/C19H27N5O2/c1-12-11-17(25)21-19(20-12)24-15(4)16(14(3)22-24)8-9-18(26)23-10-6-5-7-13(23)2/h11,13H,5-10H2,1-4H3,(H,20,21,25). The van der Waals surface area contributed by atoms with Gasteiger partial charge in [-0.05, 0) is 58.9 Å². The number of hydrogen-bond donors (Lipinski definition) is 1. The van der Waals surface area contributed by atoms with Crippen molar-refractivity contribution < 1.29 is 4.79 Å². The lowest BCUT2D eigenvalue weighted by Gasteiger charge is -2.33. The van der Waals surface area contributed by atoms with Gasteiger partial charge in [-0.25, -0.2) is 9.67 Å². The van der Waals surface area contributed by atoms with Gasteiger partial charge in [-0.1, -0.05) is 0 Å². The number of rotatable bonds is 4. The molecule has 1 saturated heterocycles. The van der Waals surface area contributed by atoms with Gasteiger partial charge in [0, 0.05) is 36.5 Å². The van der Waals surface area contributed by atoms with E-state index in [9.17, 15) is 9.59 Å². The van der Waals surface area contributed by atoms with E-state index in [1.165, 1.54) is 12.5 Å². The minimum atomic E-state index is -0.198. The Labute approximate surface area is 153 Å². The second-order valence-corrected chi connectivity index (χ2v) is 7.20. The zero-order valence-electron chi connectivity index (χ0n) is 16.0. The summed E-state index contributed by atoms with van der Waals surface area (Å²) in [5.41, 5.74) is 3.28. The number of nitrogens with one attached hydrogen (secondary N) is 1. The van der Waals surface area contributed by atoms with Crippen LogP contribution in [0.4, 0.5) is 0 Å². The average Bonchev–Trinajstić information content (AvgIpc) is 2.86. The maximum atomic E-state index is 12.6. The van der Waals surface area contributed by atoms with Gasteiger partial charge in [-0.3, -0.25) is 14.6 Å². The lowest BCUT2D eigenvalue weighted by atomic mass is 10.0. The number of aromatic nitrogens is 4. The van der Waals surface area contributed by atoms with Crippen molar-refractivity contribution >= 4 is 5.91 Å². The van der Waals surface area contributed by atoms with Crippen molar-refractivity contribution in [2.45, 2.75) is 65.8 Å². The highest BCUT2D eigenvalue weighted by Gasteiger charge is 2.23. The molecule has 7 nitrogen and oxygen atoms in total. The Balaban J connectivity index is 1.78. The number of likely N-dealkylation sites (tertiary alicyclic amines) is 1. The average molecular weight is 357 g/mol. The SMILES string of the molecule is Cc1cc(=O)[nH]c(-n2nc(C)c(CCC(=O)N3CCCCC3C)c2C)n1. The third-order valence-electron chi connectivity index (χ3n) is 5.21. The summed E-state index contributed by atoms with van der Waals surface area (Å²) in [7, 11) is 0. The summed E-state index contributed by atoms with van der Waals surface area (Å²) in [6.45, 7) is 8.66. The number of aryl methyl sites for hydroxylation is 2. The fraction of sp³-hybridized carbons (Fsp3) is 0.579. The zero-order chi connectivity index (χ0) is 18.8. The Morgan fingerprint density at radius 2 is 2.08 bits per heavy atom. The Morgan fingerprint density at radius 3 is 2.77 bits per heavy atom. The summed E-state index contributed by atoms with van der Waals surface area (Å²) in [4.78, 5) is 33.4. The summed E-state index contributed by atoms with van der Waals surface area (Å²) < 4.78 is 1.66. The number of H-pyrrole nitrogens is 1. The van der Waals surface area contributed by atoms with Crippen LogP contribution in [0, 0.1) is 20.8 Å². The summed E-state index contributed by atoms with van der Waals surface area (Å²) >= 11 is 0. The van der Waals surface area contributed by atoms with Gasteiger partial charge in [0.2, 0.25) is 11.9 Å². The number of amides is 1. The van der Waals surface area contributed by atoms with Crippen molar-refractivity contribution in [2.24, 2.45) is 0 Å². The largest absolute Gasteiger partial charge is 0.340 e. The van der Waals surface area contributed by atoms with E-state index in [-0.39, 0.29) is 11.5 Å². The molecular formula is C19H27N5O2. The van der Waals surface area contributed by atoms with Crippen molar-refractivity contribution in [3.63, 3.8) is 0 Å². The molecule has 7 heteroatoms. The van der Waals surface area contributed by atoms with E-state index in [1.54, 1.807) is 11.6 Å². The Kier molecular flexibility index (Phi) is 5.25. The molecule has 0 aliphatic carbocycles. The van der Waals surface area contributed by atoms with Crippen LogP contribution in [-0.2, 0) is 11.2 Å². The summed E-state index contributed by atoms with van der Waals surface area (Å²) in [6, 6.07) is 1.79. The first-order chi connectivity index (χ1) is 12.4. The van der Waals surface area contributed by atoms with Gasteiger partial charge in [0.1, 0.15) is 0 Å². The van der Waals surface area contributed by atoms with Gasteiger partial charge in [0.05, 0.1) is 5.69 Å². The zero-order valence-corrected chi connectivity index (χ0v) is 16.0. The molecule has 0 saturated carbocycles. The molecule has 1 atom stereocenters. The van der Waals surface area contributed by atoms with Crippen LogP contribution in [0.25, 0.3) is 5.95 Å². The van der Waals surface area contributed by atoms with Gasteiger partial charge in [0.25, 0.3) is 5.56 Å². The van der Waals surface area contributed by atoms with Crippen molar-refractivity contribution in [1.82, 2.24) is 24.6 Å². The molecule has 0 bridgehead atoms. The van der Waals surface area contributed by atoms with E-state index >= 15 is 0 Å². The number of hydrogen-bond acceptors (Lipinski definition) is 4. The highest BCUT2D eigenvalue weighted by atomic mass is 16.2. The lowest BCUT2D eigenvalue weighted by Crippen LogP contribution is -2.42. The highest BCUT2D eigenvalue weighted by Crippen LogP contribution is 2.21. The van der Waals surface area contributed by atoms with Crippen LogP contribution in [0.2, 0.25) is 0 Å². The van der Waals surface area contributed by atoms with E-state index in [1.807, 2.05) is 18.7 Å². The highest BCUT2D eigenvalue weighted by molar-refractivity contribution is 5.77. The van der Waals surface area contributed by atoms with Crippen molar-refractivity contribution in [3.8, 4) is 5.95 Å². The molecular weight excluding hydrogens is 330 g/mol. The molecule has 1 aliphatic rings. The monoisotopic (exact) mass is 357 g/mol. The second kappa shape index (κ2) is 7.43. The Bertz CT molecular complexity index is 867. The minimum absolute atomic E-state index is 0.198. The van der Waals surface area contributed by atoms with E-state index in [0.717, 1.165) is 36.3 Å². The third kappa shape index (κ3) is 3.71. The van der Waals surface area contributed by atoms with E-state index in [0.29, 0.717) is 30.5 Å². The maximum absolute atomic E-state index is 12.6. The number of nitrogens with zero attached hydrogens (tertiary/aromatic N) is 4. The molecule has 2 aromatic heterocycles.